The summed E-state index contributed by atoms with van der Waals surface area (Å²) < 4.78 is 7.58. The van der Waals surface area contributed by atoms with Crippen LogP contribution in [0.4, 0.5) is 0 Å². The normalized spacial score (nSPS) is 22.1. The maximum atomic E-state index is 10.7. The smallest absolute Gasteiger partial charge is 0.119 e. The third kappa shape index (κ3) is 3.67. The highest BCUT2D eigenvalue weighted by Crippen LogP contribution is 2.24. The summed E-state index contributed by atoms with van der Waals surface area (Å²) in [5, 5.41) is 15.1. The molecule has 3 rings (SSSR count). The Balaban J connectivity index is 1.54. The Hall–Kier alpha value is -1.85. The van der Waals surface area contributed by atoms with Crippen molar-refractivity contribution in [2.24, 2.45) is 7.05 Å². The Morgan fingerprint density at radius 2 is 2.23 bits per heavy atom. The maximum absolute atomic E-state index is 10.7. The van der Waals surface area contributed by atoms with Crippen LogP contribution in [0.2, 0.25) is 0 Å². The fourth-order valence-electron chi connectivity index (χ4n) is 2.89. The maximum Gasteiger partial charge on any atom is 0.119 e. The van der Waals surface area contributed by atoms with Gasteiger partial charge in [0.1, 0.15) is 18.0 Å². The molecule has 0 radical (unpaired) electrons. The Labute approximate surface area is 131 Å². The number of aryl methyl sites for hydroxylation is 2. The second-order valence-corrected chi connectivity index (χ2v) is 6.27. The summed E-state index contributed by atoms with van der Waals surface area (Å²) in [7, 11) is 1.92. The zero-order chi connectivity index (χ0) is 15.6. The van der Waals surface area contributed by atoms with Crippen molar-refractivity contribution in [1.29, 1.82) is 0 Å². The number of benzene rings is 1. The van der Waals surface area contributed by atoms with Crippen molar-refractivity contribution >= 4 is 0 Å². The average Bonchev–Trinajstić information content (AvgIpc) is 3.04. The number of aromatic nitrogens is 2. The summed E-state index contributed by atoms with van der Waals surface area (Å²) in [6, 6.07) is 9.93. The number of rotatable bonds is 5. The van der Waals surface area contributed by atoms with Crippen LogP contribution in [0.1, 0.15) is 17.7 Å². The summed E-state index contributed by atoms with van der Waals surface area (Å²) in [5.74, 6) is 0.816. The lowest BCUT2D eigenvalue weighted by Crippen LogP contribution is -2.39. The van der Waals surface area contributed by atoms with E-state index in [0.717, 1.165) is 36.5 Å². The topological polar surface area (TPSA) is 50.5 Å². The Bertz CT molecular complexity index is 640. The first-order valence-corrected chi connectivity index (χ1v) is 7.65. The quantitative estimate of drug-likeness (QED) is 0.914. The van der Waals surface area contributed by atoms with E-state index in [1.54, 1.807) is 4.68 Å². The molecule has 2 heterocycles. The van der Waals surface area contributed by atoms with Crippen LogP contribution in [-0.2, 0) is 13.6 Å². The van der Waals surface area contributed by atoms with E-state index in [9.17, 15) is 5.11 Å². The first-order valence-electron chi connectivity index (χ1n) is 7.65. The summed E-state index contributed by atoms with van der Waals surface area (Å²) in [5.41, 5.74) is 1.41. The Morgan fingerprint density at radius 1 is 1.36 bits per heavy atom. The molecule has 1 aliphatic rings. The van der Waals surface area contributed by atoms with E-state index in [4.69, 9.17) is 4.74 Å². The predicted molar refractivity (Wildman–Crippen MR) is 84.7 cm³/mol. The number of ether oxygens (including phenoxy) is 1. The standard InChI is InChI=1S/C17H23N3O2/c1-14-4-3-5-16(10-14)22-13-17(21)7-9-20(12-17)11-15-6-8-19(2)18-15/h3-6,8,10,21H,7,9,11-13H2,1-2H3/t17-/m1/s1. The summed E-state index contributed by atoms with van der Waals surface area (Å²) in [6.07, 6.45) is 2.67. The van der Waals surface area contributed by atoms with Gasteiger partial charge in [0.05, 0.1) is 5.69 Å². The van der Waals surface area contributed by atoms with Crippen molar-refractivity contribution in [2.75, 3.05) is 19.7 Å². The highest BCUT2D eigenvalue weighted by atomic mass is 16.5. The Morgan fingerprint density at radius 3 is 2.95 bits per heavy atom. The van der Waals surface area contributed by atoms with Crippen LogP contribution in [0.25, 0.3) is 0 Å². The van der Waals surface area contributed by atoms with E-state index in [-0.39, 0.29) is 0 Å². The molecule has 0 spiro atoms. The minimum atomic E-state index is -0.779. The number of nitrogens with zero attached hydrogens (tertiary/aromatic N) is 3. The van der Waals surface area contributed by atoms with E-state index < -0.39 is 5.60 Å². The van der Waals surface area contributed by atoms with E-state index in [0.29, 0.717) is 13.2 Å². The van der Waals surface area contributed by atoms with Crippen molar-refractivity contribution in [2.45, 2.75) is 25.5 Å². The molecule has 0 amide bonds. The molecule has 1 fully saturated rings. The molecule has 0 unspecified atom stereocenters. The van der Waals surface area contributed by atoms with Gasteiger partial charge in [-0.2, -0.15) is 5.10 Å². The van der Waals surface area contributed by atoms with E-state index in [1.807, 2.05) is 50.5 Å². The van der Waals surface area contributed by atoms with Crippen LogP contribution in [0.3, 0.4) is 0 Å². The van der Waals surface area contributed by atoms with Gasteiger partial charge in [0.2, 0.25) is 0 Å². The highest BCUT2D eigenvalue weighted by Gasteiger charge is 2.37. The van der Waals surface area contributed by atoms with Crippen LogP contribution in [-0.4, -0.2) is 45.1 Å². The van der Waals surface area contributed by atoms with Gasteiger partial charge in [0.25, 0.3) is 0 Å². The number of hydrogen-bond donors (Lipinski definition) is 1. The molecule has 0 aliphatic carbocycles. The lowest BCUT2D eigenvalue weighted by Gasteiger charge is -2.23. The van der Waals surface area contributed by atoms with Gasteiger partial charge in [-0.15, -0.1) is 0 Å². The zero-order valence-corrected chi connectivity index (χ0v) is 13.2. The SMILES string of the molecule is Cc1cccc(OC[C@@]2(O)CCN(Cc3ccn(C)n3)C2)c1. The molecular formula is C17H23N3O2. The number of aliphatic hydroxyl groups is 1. The number of hydrogen-bond acceptors (Lipinski definition) is 4. The number of β-amino-alcohol motifs (C(OH)–C–C–N with tert-alkyl or cyclic N) is 1. The third-order valence-corrected chi connectivity index (χ3v) is 4.06. The first kappa shape index (κ1) is 15.1. The van der Waals surface area contributed by atoms with Gasteiger partial charge in [0.15, 0.2) is 0 Å². The minimum Gasteiger partial charge on any atom is -0.491 e. The third-order valence-electron chi connectivity index (χ3n) is 4.06. The van der Waals surface area contributed by atoms with E-state index in [2.05, 4.69) is 10.00 Å². The van der Waals surface area contributed by atoms with Gasteiger partial charge in [0, 0.05) is 32.9 Å². The summed E-state index contributed by atoms with van der Waals surface area (Å²) in [6.45, 7) is 4.62. The van der Waals surface area contributed by atoms with Crippen LogP contribution in [0.5, 0.6) is 5.75 Å². The minimum absolute atomic E-state index is 0.329. The molecule has 0 bridgehead atoms. The van der Waals surface area contributed by atoms with Crippen molar-refractivity contribution in [3.63, 3.8) is 0 Å². The lowest BCUT2D eigenvalue weighted by molar-refractivity contribution is 0.00328. The molecule has 2 aromatic rings. The van der Waals surface area contributed by atoms with Gasteiger partial charge < -0.3 is 9.84 Å². The molecular weight excluding hydrogens is 278 g/mol. The fourth-order valence-corrected chi connectivity index (χ4v) is 2.89. The molecule has 1 N–H and O–H groups in total. The zero-order valence-electron chi connectivity index (χ0n) is 13.2. The van der Waals surface area contributed by atoms with Gasteiger partial charge in [-0.05, 0) is 37.1 Å². The summed E-state index contributed by atoms with van der Waals surface area (Å²) >= 11 is 0. The number of likely N-dealkylation sites (tertiary alicyclic amines) is 1. The molecule has 1 aromatic heterocycles. The van der Waals surface area contributed by atoms with Crippen molar-refractivity contribution in [3.8, 4) is 5.75 Å². The lowest BCUT2D eigenvalue weighted by atomic mass is 10.1. The average molecular weight is 301 g/mol. The molecule has 118 valence electrons. The molecule has 1 atom stereocenters. The fraction of sp³-hybridized carbons (Fsp3) is 0.471. The molecule has 1 aliphatic heterocycles. The molecule has 1 saturated heterocycles. The molecule has 1 aromatic carbocycles. The van der Waals surface area contributed by atoms with Crippen molar-refractivity contribution < 1.29 is 9.84 Å². The van der Waals surface area contributed by atoms with Crippen molar-refractivity contribution in [1.82, 2.24) is 14.7 Å². The predicted octanol–water partition coefficient (Wildman–Crippen LogP) is 1.74. The largest absolute Gasteiger partial charge is 0.491 e. The van der Waals surface area contributed by atoms with Gasteiger partial charge in [-0.1, -0.05) is 12.1 Å². The van der Waals surface area contributed by atoms with E-state index >= 15 is 0 Å². The van der Waals surface area contributed by atoms with Gasteiger partial charge in [-0.25, -0.2) is 0 Å². The van der Waals surface area contributed by atoms with Crippen LogP contribution in [0.15, 0.2) is 36.5 Å². The molecule has 22 heavy (non-hydrogen) atoms. The second kappa shape index (κ2) is 6.10. The van der Waals surface area contributed by atoms with Gasteiger partial charge >= 0.3 is 0 Å². The molecule has 5 heteroatoms. The van der Waals surface area contributed by atoms with Crippen LogP contribution >= 0.6 is 0 Å². The van der Waals surface area contributed by atoms with E-state index in [1.165, 1.54) is 0 Å². The monoisotopic (exact) mass is 301 g/mol. The van der Waals surface area contributed by atoms with Crippen LogP contribution < -0.4 is 4.74 Å². The Kier molecular flexibility index (Phi) is 4.18. The van der Waals surface area contributed by atoms with Gasteiger partial charge in [-0.3, -0.25) is 9.58 Å². The highest BCUT2D eigenvalue weighted by molar-refractivity contribution is 5.27. The second-order valence-electron chi connectivity index (χ2n) is 6.27. The molecule has 5 nitrogen and oxygen atoms in total. The summed E-state index contributed by atoms with van der Waals surface area (Å²) in [4.78, 5) is 2.22. The van der Waals surface area contributed by atoms with Crippen LogP contribution in [0, 0.1) is 6.92 Å². The van der Waals surface area contributed by atoms with Crippen molar-refractivity contribution in [3.05, 3.63) is 47.8 Å². The molecule has 0 saturated carbocycles. The first-order chi connectivity index (χ1) is 10.5.